The Balaban J connectivity index is 2.62. The Bertz CT molecular complexity index is 256. The quantitative estimate of drug-likeness (QED) is 0.612. The summed E-state index contributed by atoms with van der Waals surface area (Å²) in [6.07, 6.45) is 0.693. The first-order valence-electron chi connectivity index (χ1n) is 6.45. The molecule has 0 spiro atoms. The SMILES string of the molecule is CCNC(=O)C1CNCCN1CC(C)(O)CC. The Morgan fingerprint density at radius 2 is 2.29 bits per heavy atom. The fourth-order valence-electron chi connectivity index (χ4n) is 2.04. The summed E-state index contributed by atoms with van der Waals surface area (Å²) in [6.45, 7) is 9.23. The number of piperazine rings is 1. The highest BCUT2D eigenvalue weighted by molar-refractivity contribution is 5.82. The summed E-state index contributed by atoms with van der Waals surface area (Å²) < 4.78 is 0. The molecule has 3 N–H and O–H groups in total. The minimum absolute atomic E-state index is 0.0478. The minimum atomic E-state index is -0.720. The van der Waals surface area contributed by atoms with Crippen LogP contribution in [0, 0.1) is 0 Å². The van der Waals surface area contributed by atoms with E-state index >= 15 is 0 Å². The van der Waals surface area contributed by atoms with Crippen LogP contribution < -0.4 is 10.6 Å². The lowest BCUT2D eigenvalue weighted by molar-refractivity contribution is -0.128. The van der Waals surface area contributed by atoms with E-state index in [4.69, 9.17) is 0 Å². The number of likely N-dealkylation sites (N-methyl/N-ethyl adjacent to an activating group) is 1. The van der Waals surface area contributed by atoms with Crippen molar-refractivity contribution in [2.45, 2.75) is 38.8 Å². The Hall–Kier alpha value is -0.650. The Kier molecular flexibility index (Phi) is 5.36. The van der Waals surface area contributed by atoms with Crippen LogP contribution in [0.25, 0.3) is 0 Å². The summed E-state index contributed by atoms with van der Waals surface area (Å²) in [5.74, 6) is 0.0478. The van der Waals surface area contributed by atoms with Gasteiger partial charge < -0.3 is 15.7 Å². The van der Waals surface area contributed by atoms with Crippen LogP contribution in [-0.4, -0.2) is 60.3 Å². The molecule has 0 aromatic heterocycles. The van der Waals surface area contributed by atoms with Gasteiger partial charge in [0, 0.05) is 32.7 Å². The second kappa shape index (κ2) is 6.33. The molecular weight excluding hydrogens is 218 g/mol. The van der Waals surface area contributed by atoms with Crippen molar-refractivity contribution in [1.82, 2.24) is 15.5 Å². The van der Waals surface area contributed by atoms with E-state index in [1.54, 1.807) is 0 Å². The van der Waals surface area contributed by atoms with Gasteiger partial charge in [0.1, 0.15) is 6.04 Å². The predicted molar refractivity (Wildman–Crippen MR) is 67.8 cm³/mol. The van der Waals surface area contributed by atoms with Crippen LogP contribution in [0.1, 0.15) is 27.2 Å². The van der Waals surface area contributed by atoms with Crippen molar-refractivity contribution in [2.24, 2.45) is 0 Å². The minimum Gasteiger partial charge on any atom is -0.389 e. The average Bonchev–Trinajstić information content (AvgIpc) is 2.29. The number of rotatable bonds is 5. The standard InChI is InChI=1S/C12H25N3O2/c1-4-12(3,17)9-15-7-6-13-8-10(15)11(16)14-5-2/h10,13,17H,4-9H2,1-3H3,(H,14,16). The zero-order valence-electron chi connectivity index (χ0n) is 11.1. The highest BCUT2D eigenvalue weighted by atomic mass is 16.3. The van der Waals surface area contributed by atoms with E-state index in [1.807, 2.05) is 20.8 Å². The van der Waals surface area contributed by atoms with Gasteiger partial charge in [0.2, 0.25) is 5.91 Å². The van der Waals surface area contributed by atoms with Crippen molar-refractivity contribution in [3.05, 3.63) is 0 Å². The van der Waals surface area contributed by atoms with E-state index in [-0.39, 0.29) is 11.9 Å². The lowest BCUT2D eigenvalue weighted by Crippen LogP contribution is -2.60. The molecule has 0 saturated carbocycles. The topological polar surface area (TPSA) is 64.6 Å². The molecule has 1 saturated heterocycles. The molecule has 0 aromatic carbocycles. The molecule has 0 aliphatic carbocycles. The van der Waals surface area contributed by atoms with Gasteiger partial charge in [-0.1, -0.05) is 6.92 Å². The Labute approximate surface area is 104 Å². The largest absolute Gasteiger partial charge is 0.389 e. The van der Waals surface area contributed by atoms with Gasteiger partial charge in [-0.3, -0.25) is 9.69 Å². The highest BCUT2D eigenvalue weighted by Crippen LogP contribution is 2.14. The number of β-amino-alcohol motifs (C(OH)–C–C–N with tert-alkyl or cyclic N) is 1. The molecule has 0 radical (unpaired) electrons. The molecule has 1 fully saturated rings. The number of carbonyl (C=O) groups is 1. The molecule has 1 rings (SSSR count). The van der Waals surface area contributed by atoms with Gasteiger partial charge in [0.15, 0.2) is 0 Å². The van der Waals surface area contributed by atoms with E-state index in [2.05, 4.69) is 15.5 Å². The number of aliphatic hydroxyl groups is 1. The maximum absolute atomic E-state index is 11.9. The predicted octanol–water partition coefficient (Wildman–Crippen LogP) is -0.443. The fourth-order valence-corrected chi connectivity index (χ4v) is 2.04. The molecule has 0 aromatic rings. The van der Waals surface area contributed by atoms with E-state index in [1.165, 1.54) is 0 Å². The molecule has 100 valence electrons. The summed E-state index contributed by atoms with van der Waals surface area (Å²) >= 11 is 0. The number of nitrogens with one attached hydrogen (secondary N) is 2. The van der Waals surface area contributed by atoms with E-state index in [0.29, 0.717) is 26.1 Å². The van der Waals surface area contributed by atoms with Gasteiger partial charge >= 0.3 is 0 Å². The molecular formula is C12H25N3O2. The molecule has 1 heterocycles. The highest BCUT2D eigenvalue weighted by Gasteiger charge is 2.32. The summed E-state index contributed by atoms with van der Waals surface area (Å²) in [6, 6.07) is -0.165. The molecule has 2 unspecified atom stereocenters. The molecule has 5 heteroatoms. The third kappa shape index (κ3) is 4.26. The molecule has 1 amide bonds. The fraction of sp³-hybridized carbons (Fsp3) is 0.917. The molecule has 2 atom stereocenters. The van der Waals surface area contributed by atoms with Crippen molar-refractivity contribution in [3.8, 4) is 0 Å². The zero-order chi connectivity index (χ0) is 12.9. The second-order valence-electron chi connectivity index (χ2n) is 4.94. The van der Waals surface area contributed by atoms with Gasteiger partial charge in [-0.15, -0.1) is 0 Å². The van der Waals surface area contributed by atoms with Crippen molar-refractivity contribution >= 4 is 5.91 Å². The first kappa shape index (κ1) is 14.4. The summed E-state index contributed by atoms with van der Waals surface area (Å²) in [5.41, 5.74) is -0.720. The van der Waals surface area contributed by atoms with Crippen LogP contribution in [-0.2, 0) is 4.79 Å². The number of hydrogen-bond acceptors (Lipinski definition) is 4. The van der Waals surface area contributed by atoms with Crippen molar-refractivity contribution in [2.75, 3.05) is 32.7 Å². The third-order valence-corrected chi connectivity index (χ3v) is 3.31. The van der Waals surface area contributed by atoms with Crippen molar-refractivity contribution in [1.29, 1.82) is 0 Å². The van der Waals surface area contributed by atoms with Crippen LogP contribution in [0.15, 0.2) is 0 Å². The lowest BCUT2D eigenvalue weighted by atomic mass is 10.0. The number of nitrogens with zero attached hydrogens (tertiary/aromatic N) is 1. The molecule has 5 nitrogen and oxygen atoms in total. The Morgan fingerprint density at radius 1 is 1.59 bits per heavy atom. The molecule has 1 aliphatic heterocycles. The maximum Gasteiger partial charge on any atom is 0.238 e. The number of hydrogen-bond donors (Lipinski definition) is 3. The second-order valence-corrected chi connectivity index (χ2v) is 4.94. The van der Waals surface area contributed by atoms with Crippen LogP contribution in [0.4, 0.5) is 0 Å². The van der Waals surface area contributed by atoms with Crippen molar-refractivity contribution in [3.63, 3.8) is 0 Å². The Morgan fingerprint density at radius 3 is 2.88 bits per heavy atom. The van der Waals surface area contributed by atoms with E-state index in [0.717, 1.165) is 13.1 Å². The molecule has 17 heavy (non-hydrogen) atoms. The number of amides is 1. The van der Waals surface area contributed by atoms with Crippen LogP contribution >= 0.6 is 0 Å². The number of carbonyl (C=O) groups excluding carboxylic acids is 1. The zero-order valence-corrected chi connectivity index (χ0v) is 11.1. The van der Waals surface area contributed by atoms with E-state index < -0.39 is 5.60 Å². The smallest absolute Gasteiger partial charge is 0.238 e. The molecule has 1 aliphatic rings. The van der Waals surface area contributed by atoms with Gasteiger partial charge in [0.25, 0.3) is 0 Å². The first-order chi connectivity index (χ1) is 8.00. The first-order valence-corrected chi connectivity index (χ1v) is 6.45. The molecule has 0 bridgehead atoms. The normalized spacial score (nSPS) is 25.3. The van der Waals surface area contributed by atoms with Gasteiger partial charge in [-0.25, -0.2) is 0 Å². The summed E-state index contributed by atoms with van der Waals surface area (Å²) in [5, 5.41) is 16.2. The van der Waals surface area contributed by atoms with Gasteiger partial charge in [-0.05, 0) is 20.3 Å². The maximum atomic E-state index is 11.9. The summed E-state index contributed by atoms with van der Waals surface area (Å²) in [7, 11) is 0. The van der Waals surface area contributed by atoms with E-state index in [9.17, 15) is 9.90 Å². The van der Waals surface area contributed by atoms with Gasteiger partial charge in [0.05, 0.1) is 5.60 Å². The van der Waals surface area contributed by atoms with Crippen LogP contribution in [0.5, 0.6) is 0 Å². The monoisotopic (exact) mass is 243 g/mol. The average molecular weight is 243 g/mol. The lowest BCUT2D eigenvalue weighted by Gasteiger charge is -2.39. The summed E-state index contributed by atoms with van der Waals surface area (Å²) in [4.78, 5) is 14.0. The van der Waals surface area contributed by atoms with Crippen LogP contribution in [0.3, 0.4) is 0 Å². The third-order valence-electron chi connectivity index (χ3n) is 3.31. The van der Waals surface area contributed by atoms with Crippen molar-refractivity contribution < 1.29 is 9.90 Å². The van der Waals surface area contributed by atoms with Crippen LogP contribution in [0.2, 0.25) is 0 Å². The van der Waals surface area contributed by atoms with Gasteiger partial charge in [-0.2, -0.15) is 0 Å².